The van der Waals surface area contributed by atoms with Crippen molar-refractivity contribution in [3.8, 4) is 12.3 Å². The number of amides is 1. The SMILES string of the molecule is C#CCN(CC1CC1)C(=O)c1ccc(C)cc1. The van der Waals surface area contributed by atoms with Crippen LogP contribution in [-0.2, 0) is 0 Å². The minimum absolute atomic E-state index is 0.0508. The van der Waals surface area contributed by atoms with Gasteiger partial charge in [0.2, 0.25) is 0 Å². The maximum absolute atomic E-state index is 12.2. The Morgan fingerprint density at radius 1 is 1.41 bits per heavy atom. The topological polar surface area (TPSA) is 20.3 Å². The molecule has 2 nitrogen and oxygen atoms in total. The highest BCUT2D eigenvalue weighted by Crippen LogP contribution is 2.30. The van der Waals surface area contributed by atoms with Gasteiger partial charge in [-0.25, -0.2) is 0 Å². The lowest BCUT2D eigenvalue weighted by Crippen LogP contribution is -2.33. The molecule has 0 heterocycles. The molecule has 88 valence electrons. The second-order valence-corrected chi connectivity index (χ2v) is 4.70. The molecule has 0 saturated heterocycles. The second-order valence-electron chi connectivity index (χ2n) is 4.70. The summed E-state index contributed by atoms with van der Waals surface area (Å²) in [6, 6.07) is 7.65. The van der Waals surface area contributed by atoms with Crippen LogP contribution in [0.2, 0.25) is 0 Å². The van der Waals surface area contributed by atoms with Crippen LogP contribution in [0.4, 0.5) is 0 Å². The summed E-state index contributed by atoms with van der Waals surface area (Å²) in [5.74, 6) is 3.28. The van der Waals surface area contributed by atoms with E-state index in [4.69, 9.17) is 6.42 Å². The van der Waals surface area contributed by atoms with E-state index < -0.39 is 0 Å². The van der Waals surface area contributed by atoms with Crippen LogP contribution in [0.25, 0.3) is 0 Å². The van der Waals surface area contributed by atoms with E-state index in [1.165, 1.54) is 12.8 Å². The van der Waals surface area contributed by atoms with Gasteiger partial charge in [0.05, 0.1) is 6.54 Å². The Bertz CT molecular complexity index is 437. The first kappa shape index (κ1) is 11.7. The van der Waals surface area contributed by atoms with Crippen molar-refractivity contribution in [1.29, 1.82) is 0 Å². The van der Waals surface area contributed by atoms with Gasteiger partial charge < -0.3 is 4.90 Å². The van der Waals surface area contributed by atoms with Gasteiger partial charge in [0.25, 0.3) is 5.91 Å². The van der Waals surface area contributed by atoms with Crippen LogP contribution in [0.15, 0.2) is 24.3 Å². The molecule has 1 aliphatic rings. The normalized spacial score (nSPS) is 14.1. The third-order valence-electron chi connectivity index (χ3n) is 3.04. The first-order chi connectivity index (χ1) is 8.20. The Balaban J connectivity index is 2.09. The van der Waals surface area contributed by atoms with Gasteiger partial charge in [0.15, 0.2) is 0 Å². The number of hydrogen-bond acceptors (Lipinski definition) is 1. The van der Waals surface area contributed by atoms with Gasteiger partial charge in [0.1, 0.15) is 0 Å². The Kier molecular flexibility index (Phi) is 3.49. The molecule has 0 atom stereocenters. The molecule has 2 heteroatoms. The summed E-state index contributed by atoms with van der Waals surface area (Å²) < 4.78 is 0. The molecule has 1 aliphatic carbocycles. The average Bonchev–Trinajstić information content (AvgIpc) is 3.13. The maximum Gasteiger partial charge on any atom is 0.254 e. The summed E-state index contributed by atoms with van der Waals surface area (Å²) in [4.78, 5) is 14.0. The summed E-state index contributed by atoms with van der Waals surface area (Å²) in [6.07, 6.45) is 7.77. The number of rotatable bonds is 4. The number of carbonyl (C=O) groups is 1. The Labute approximate surface area is 103 Å². The van der Waals surface area contributed by atoms with Crippen molar-refractivity contribution < 1.29 is 4.79 Å². The molecule has 0 spiro atoms. The first-order valence-electron chi connectivity index (χ1n) is 6.00. The zero-order chi connectivity index (χ0) is 12.3. The Hall–Kier alpha value is -1.75. The average molecular weight is 227 g/mol. The lowest BCUT2D eigenvalue weighted by atomic mass is 10.1. The molecule has 1 aromatic rings. The predicted octanol–water partition coefficient (Wildman–Crippen LogP) is 2.48. The highest BCUT2D eigenvalue weighted by Gasteiger charge is 2.26. The summed E-state index contributed by atoms with van der Waals surface area (Å²) in [5.41, 5.74) is 1.89. The lowest BCUT2D eigenvalue weighted by molar-refractivity contribution is 0.0770. The molecule has 0 bridgehead atoms. The highest BCUT2D eigenvalue weighted by molar-refractivity contribution is 5.94. The van der Waals surface area contributed by atoms with Crippen molar-refractivity contribution >= 4 is 5.91 Å². The number of terminal acetylenes is 1. The number of aryl methyl sites for hydroxylation is 1. The van der Waals surface area contributed by atoms with Crippen molar-refractivity contribution in [3.05, 3.63) is 35.4 Å². The summed E-state index contributed by atoms with van der Waals surface area (Å²) in [5, 5.41) is 0. The number of hydrogen-bond donors (Lipinski definition) is 0. The molecule has 0 N–H and O–H groups in total. The van der Waals surface area contributed by atoms with Gasteiger partial charge in [-0.3, -0.25) is 4.79 Å². The van der Waals surface area contributed by atoms with E-state index >= 15 is 0 Å². The quantitative estimate of drug-likeness (QED) is 0.724. The van der Waals surface area contributed by atoms with Crippen LogP contribution in [-0.4, -0.2) is 23.9 Å². The molecule has 2 rings (SSSR count). The van der Waals surface area contributed by atoms with E-state index in [2.05, 4.69) is 5.92 Å². The zero-order valence-electron chi connectivity index (χ0n) is 10.1. The molecule has 0 aromatic heterocycles. The fourth-order valence-corrected chi connectivity index (χ4v) is 1.82. The van der Waals surface area contributed by atoms with Gasteiger partial charge >= 0.3 is 0 Å². The van der Waals surface area contributed by atoms with Gasteiger partial charge in [-0.1, -0.05) is 23.6 Å². The fourth-order valence-electron chi connectivity index (χ4n) is 1.82. The van der Waals surface area contributed by atoms with Gasteiger partial charge in [-0.05, 0) is 37.8 Å². The third kappa shape index (κ3) is 3.10. The van der Waals surface area contributed by atoms with Gasteiger partial charge in [-0.15, -0.1) is 6.42 Å². The molecular formula is C15H17NO. The van der Waals surface area contributed by atoms with E-state index in [1.807, 2.05) is 31.2 Å². The molecular weight excluding hydrogens is 210 g/mol. The largest absolute Gasteiger partial charge is 0.327 e. The maximum atomic E-state index is 12.2. The standard InChI is InChI=1S/C15H17NO/c1-3-10-16(11-13-6-7-13)15(17)14-8-4-12(2)5-9-14/h1,4-5,8-9,13H,6-7,10-11H2,2H3. The second kappa shape index (κ2) is 5.05. The van der Waals surface area contributed by atoms with E-state index in [-0.39, 0.29) is 5.91 Å². The van der Waals surface area contributed by atoms with E-state index in [9.17, 15) is 4.79 Å². The van der Waals surface area contributed by atoms with Crippen LogP contribution in [0.1, 0.15) is 28.8 Å². The van der Waals surface area contributed by atoms with Crippen molar-refractivity contribution in [2.45, 2.75) is 19.8 Å². The Morgan fingerprint density at radius 2 is 2.06 bits per heavy atom. The summed E-state index contributed by atoms with van der Waals surface area (Å²) >= 11 is 0. The molecule has 0 unspecified atom stereocenters. The van der Waals surface area contributed by atoms with E-state index in [1.54, 1.807) is 4.90 Å². The van der Waals surface area contributed by atoms with Crippen molar-refractivity contribution in [2.75, 3.05) is 13.1 Å². The third-order valence-corrected chi connectivity index (χ3v) is 3.04. The molecule has 1 fully saturated rings. The van der Waals surface area contributed by atoms with E-state index in [0.29, 0.717) is 12.5 Å². The number of nitrogens with zero attached hydrogens (tertiary/aromatic N) is 1. The molecule has 17 heavy (non-hydrogen) atoms. The minimum Gasteiger partial charge on any atom is -0.327 e. The minimum atomic E-state index is 0.0508. The summed E-state index contributed by atoms with van der Waals surface area (Å²) in [7, 11) is 0. The lowest BCUT2D eigenvalue weighted by Gasteiger charge is -2.20. The van der Waals surface area contributed by atoms with Crippen molar-refractivity contribution in [1.82, 2.24) is 4.90 Å². The highest BCUT2D eigenvalue weighted by atomic mass is 16.2. The molecule has 1 amide bonds. The number of carbonyl (C=O) groups excluding carboxylic acids is 1. The van der Waals surface area contributed by atoms with Crippen molar-refractivity contribution in [3.63, 3.8) is 0 Å². The first-order valence-corrected chi connectivity index (χ1v) is 6.00. The van der Waals surface area contributed by atoms with Crippen LogP contribution in [0.3, 0.4) is 0 Å². The van der Waals surface area contributed by atoms with Crippen molar-refractivity contribution in [2.24, 2.45) is 5.92 Å². The predicted molar refractivity (Wildman–Crippen MR) is 68.6 cm³/mol. The van der Waals surface area contributed by atoms with Gasteiger partial charge in [-0.2, -0.15) is 0 Å². The van der Waals surface area contributed by atoms with E-state index in [0.717, 1.165) is 17.7 Å². The molecule has 0 radical (unpaired) electrons. The van der Waals surface area contributed by atoms with Crippen LogP contribution in [0, 0.1) is 25.2 Å². The molecule has 0 aliphatic heterocycles. The fraction of sp³-hybridized carbons (Fsp3) is 0.400. The van der Waals surface area contributed by atoms with Crippen LogP contribution in [0.5, 0.6) is 0 Å². The van der Waals surface area contributed by atoms with Gasteiger partial charge in [0, 0.05) is 12.1 Å². The smallest absolute Gasteiger partial charge is 0.254 e. The Morgan fingerprint density at radius 3 is 2.59 bits per heavy atom. The molecule has 1 saturated carbocycles. The monoisotopic (exact) mass is 227 g/mol. The summed E-state index contributed by atoms with van der Waals surface area (Å²) in [6.45, 7) is 3.22. The molecule has 1 aromatic carbocycles. The number of benzene rings is 1. The van der Waals surface area contributed by atoms with Crippen LogP contribution < -0.4 is 0 Å². The van der Waals surface area contributed by atoms with Crippen LogP contribution >= 0.6 is 0 Å². The zero-order valence-corrected chi connectivity index (χ0v) is 10.1.